The third-order valence-electron chi connectivity index (χ3n) is 2.96. The second-order valence-electron chi connectivity index (χ2n) is 4.32. The van der Waals surface area contributed by atoms with Crippen LogP contribution in [-0.2, 0) is 4.74 Å². The molecule has 0 aliphatic carbocycles. The lowest BCUT2D eigenvalue weighted by molar-refractivity contribution is -0.387. The van der Waals surface area contributed by atoms with Crippen LogP contribution in [0, 0.1) is 20.2 Å². The number of benzene rings is 1. The lowest BCUT2D eigenvalue weighted by Gasteiger charge is -2.07. The Bertz CT molecular complexity index is 919. The van der Waals surface area contributed by atoms with Gasteiger partial charge in [-0.1, -0.05) is 0 Å². The summed E-state index contributed by atoms with van der Waals surface area (Å²) < 4.78 is 9.43. The van der Waals surface area contributed by atoms with Gasteiger partial charge in [-0.25, -0.2) is 9.78 Å². The highest BCUT2D eigenvalue weighted by Gasteiger charge is 2.31. The maximum Gasteiger partial charge on any atom is 0.362 e. The standard InChI is InChI=1S/C12H10N4O8/c1-3-24-12(18)9-11(17)14-7-5(15(19)20)4-6(23-2)10(16(21)22)8(7)13-9/h4H,3H2,1-2H3,(H,14,17). The van der Waals surface area contributed by atoms with Gasteiger partial charge in [0.15, 0.2) is 11.0 Å². The van der Waals surface area contributed by atoms with Crippen molar-refractivity contribution < 1.29 is 24.1 Å². The number of nitro benzene ring substituents is 2. The van der Waals surface area contributed by atoms with Crippen LogP contribution in [0.15, 0.2) is 10.9 Å². The first-order valence-corrected chi connectivity index (χ1v) is 6.42. The van der Waals surface area contributed by atoms with Crippen molar-refractivity contribution in [3.63, 3.8) is 0 Å². The van der Waals surface area contributed by atoms with Crippen molar-refractivity contribution in [2.45, 2.75) is 6.92 Å². The molecule has 1 aromatic carbocycles. The van der Waals surface area contributed by atoms with Gasteiger partial charge in [-0.15, -0.1) is 0 Å². The molecule has 0 atom stereocenters. The Kier molecular flexibility index (Phi) is 4.39. The van der Waals surface area contributed by atoms with E-state index in [1.807, 2.05) is 0 Å². The van der Waals surface area contributed by atoms with Crippen molar-refractivity contribution in [3.8, 4) is 5.75 Å². The largest absolute Gasteiger partial charge is 0.490 e. The molecular weight excluding hydrogens is 328 g/mol. The van der Waals surface area contributed by atoms with Gasteiger partial charge in [-0.3, -0.25) is 25.0 Å². The van der Waals surface area contributed by atoms with Gasteiger partial charge in [0.25, 0.3) is 11.2 Å². The van der Waals surface area contributed by atoms with Gasteiger partial charge in [0.1, 0.15) is 0 Å². The van der Waals surface area contributed by atoms with E-state index in [4.69, 9.17) is 4.74 Å². The summed E-state index contributed by atoms with van der Waals surface area (Å²) in [6.07, 6.45) is 0. The monoisotopic (exact) mass is 338 g/mol. The number of methoxy groups -OCH3 is 1. The topological polar surface area (TPSA) is 168 Å². The van der Waals surface area contributed by atoms with Crippen molar-refractivity contribution in [1.82, 2.24) is 9.97 Å². The lowest BCUT2D eigenvalue weighted by Crippen LogP contribution is -2.22. The van der Waals surface area contributed by atoms with Crippen LogP contribution in [0.2, 0.25) is 0 Å². The first-order valence-electron chi connectivity index (χ1n) is 6.42. The Morgan fingerprint density at radius 1 is 1.33 bits per heavy atom. The number of nitrogens with zero attached hydrogens (tertiary/aromatic N) is 3. The molecule has 12 nitrogen and oxygen atoms in total. The maximum absolute atomic E-state index is 11.9. The number of hydrogen-bond donors (Lipinski definition) is 1. The lowest BCUT2D eigenvalue weighted by atomic mass is 10.2. The highest BCUT2D eigenvalue weighted by molar-refractivity contribution is 5.97. The molecule has 24 heavy (non-hydrogen) atoms. The molecule has 0 unspecified atom stereocenters. The summed E-state index contributed by atoms with van der Waals surface area (Å²) >= 11 is 0. The van der Waals surface area contributed by atoms with Gasteiger partial charge in [0, 0.05) is 0 Å². The van der Waals surface area contributed by atoms with Crippen LogP contribution in [0.25, 0.3) is 11.0 Å². The number of nitrogens with one attached hydrogen (secondary N) is 1. The van der Waals surface area contributed by atoms with E-state index < -0.39 is 55.2 Å². The number of ether oxygens (including phenoxy) is 2. The average Bonchev–Trinajstić information content (AvgIpc) is 2.52. The van der Waals surface area contributed by atoms with Gasteiger partial charge in [-0.2, -0.15) is 0 Å². The molecule has 2 rings (SSSR count). The van der Waals surface area contributed by atoms with E-state index in [1.165, 1.54) is 6.92 Å². The minimum absolute atomic E-state index is 0.0572. The summed E-state index contributed by atoms with van der Waals surface area (Å²) in [6.45, 7) is 1.43. The van der Waals surface area contributed by atoms with Crippen molar-refractivity contribution in [3.05, 3.63) is 42.3 Å². The number of hydrogen-bond acceptors (Lipinski definition) is 9. The summed E-state index contributed by atoms with van der Waals surface area (Å²) in [5.74, 6) is -1.55. The van der Waals surface area contributed by atoms with Crippen LogP contribution in [0.5, 0.6) is 5.75 Å². The number of fused-ring (bicyclic) bond motifs is 1. The second-order valence-corrected chi connectivity index (χ2v) is 4.32. The van der Waals surface area contributed by atoms with E-state index in [2.05, 4.69) is 14.7 Å². The first-order chi connectivity index (χ1) is 11.3. The second kappa shape index (κ2) is 6.28. The number of non-ortho nitro benzene ring substituents is 1. The summed E-state index contributed by atoms with van der Waals surface area (Å²) in [6, 6.07) is 0.794. The molecule has 0 fully saturated rings. The van der Waals surface area contributed by atoms with Crippen molar-refractivity contribution >= 4 is 28.4 Å². The molecule has 1 aromatic heterocycles. The zero-order chi connectivity index (χ0) is 18.0. The van der Waals surface area contributed by atoms with Crippen LogP contribution in [-0.4, -0.2) is 39.5 Å². The fourth-order valence-corrected chi connectivity index (χ4v) is 2.00. The molecule has 2 aromatic rings. The number of aromatic nitrogens is 2. The van der Waals surface area contributed by atoms with Gasteiger partial charge in [-0.05, 0) is 6.92 Å². The smallest absolute Gasteiger partial charge is 0.362 e. The van der Waals surface area contributed by atoms with Gasteiger partial charge >= 0.3 is 11.7 Å². The van der Waals surface area contributed by atoms with E-state index in [1.54, 1.807) is 0 Å². The molecule has 1 N–H and O–H groups in total. The normalized spacial score (nSPS) is 10.4. The number of esters is 1. The van der Waals surface area contributed by atoms with E-state index >= 15 is 0 Å². The molecule has 0 aliphatic heterocycles. The fourth-order valence-electron chi connectivity index (χ4n) is 2.00. The Morgan fingerprint density at radius 2 is 2.00 bits per heavy atom. The minimum atomic E-state index is -1.11. The van der Waals surface area contributed by atoms with Crippen molar-refractivity contribution in [2.75, 3.05) is 13.7 Å². The van der Waals surface area contributed by atoms with Crippen LogP contribution < -0.4 is 10.3 Å². The maximum atomic E-state index is 11.9. The Hall–Kier alpha value is -3.57. The number of carbonyl (C=O) groups excluding carboxylic acids is 1. The molecule has 0 bridgehead atoms. The first kappa shape index (κ1) is 16.8. The highest BCUT2D eigenvalue weighted by Crippen LogP contribution is 2.38. The van der Waals surface area contributed by atoms with E-state index in [-0.39, 0.29) is 6.61 Å². The molecule has 12 heteroatoms. The molecule has 0 saturated heterocycles. The van der Waals surface area contributed by atoms with E-state index in [0.717, 1.165) is 13.2 Å². The average molecular weight is 338 g/mol. The molecule has 0 amide bonds. The number of nitro groups is 2. The number of H-pyrrole nitrogens is 1. The number of carbonyl (C=O) groups is 1. The van der Waals surface area contributed by atoms with E-state index in [9.17, 15) is 29.8 Å². The Balaban J connectivity index is 2.97. The van der Waals surface area contributed by atoms with Crippen LogP contribution in [0.4, 0.5) is 11.4 Å². The Labute approximate surface area is 132 Å². The van der Waals surface area contributed by atoms with Crippen LogP contribution in [0.3, 0.4) is 0 Å². The molecule has 0 spiro atoms. The minimum Gasteiger partial charge on any atom is -0.490 e. The third kappa shape index (κ3) is 2.71. The zero-order valence-corrected chi connectivity index (χ0v) is 12.4. The molecule has 0 saturated carbocycles. The predicted octanol–water partition coefficient (Wildman–Crippen LogP) is 0.925. The van der Waals surface area contributed by atoms with Crippen molar-refractivity contribution in [2.24, 2.45) is 0 Å². The van der Waals surface area contributed by atoms with Crippen LogP contribution >= 0.6 is 0 Å². The number of rotatable bonds is 5. The van der Waals surface area contributed by atoms with Gasteiger partial charge in [0.2, 0.25) is 11.4 Å². The SMILES string of the molecule is CCOC(=O)c1nc2c([N+](=O)[O-])c(OC)cc([N+](=O)[O-])c2[nH]c1=O. The summed E-state index contributed by atoms with van der Waals surface area (Å²) in [5, 5.41) is 22.4. The van der Waals surface area contributed by atoms with Gasteiger partial charge < -0.3 is 14.5 Å². The summed E-state index contributed by atoms with van der Waals surface area (Å²) in [7, 11) is 1.08. The Morgan fingerprint density at radius 3 is 2.50 bits per heavy atom. The number of aromatic amines is 1. The van der Waals surface area contributed by atoms with Gasteiger partial charge in [0.05, 0.1) is 29.6 Å². The summed E-state index contributed by atoms with van der Waals surface area (Å²) in [5.41, 5.74) is -4.26. The van der Waals surface area contributed by atoms with E-state index in [0.29, 0.717) is 0 Å². The van der Waals surface area contributed by atoms with Crippen molar-refractivity contribution in [1.29, 1.82) is 0 Å². The third-order valence-corrected chi connectivity index (χ3v) is 2.96. The predicted molar refractivity (Wildman–Crippen MR) is 78.2 cm³/mol. The molecule has 126 valence electrons. The quantitative estimate of drug-likeness (QED) is 0.473. The summed E-state index contributed by atoms with van der Waals surface area (Å²) in [4.78, 5) is 50.0. The highest BCUT2D eigenvalue weighted by atomic mass is 16.6. The zero-order valence-electron chi connectivity index (χ0n) is 12.4. The molecule has 0 aliphatic rings. The fraction of sp³-hybridized carbons (Fsp3) is 0.250. The van der Waals surface area contributed by atoms with Crippen LogP contribution in [0.1, 0.15) is 17.4 Å². The molecule has 1 heterocycles. The molecular formula is C12H10N4O8. The molecule has 0 radical (unpaired) electrons.